The average Bonchev–Trinajstić information content (AvgIpc) is 2.56. The van der Waals surface area contributed by atoms with Gasteiger partial charge in [-0.05, 0) is 28.7 Å². The standard InChI is InChI=1S/C13H10.H3N.H2O/c1-3-7-12-10(5-1)9-11-6-2-4-8-13(11)12;;/h1-8H,9H2;1H3;1H2. The summed E-state index contributed by atoms with van der Waals surface area (Å²) < 4.78 is 0. The second-order valence-electron chi connectivity index (χ2n) is 3.49. The molecule has 0 aliphatic heterocycles. The highest BCUT2D eigenvalue weighted by Crippen LogP contribution is 2.35. The molecule has 78 valence electrons. The zero-order chi connectivity index (χ0) is 8.67. The lowest BCUT2D eigenvalue weighted by Gasteiger charge is -1.98. The summed E-state index contributed by atoms with van der Waals surface area (Å²) in [5.41, 5.74) is 5.75. The largest absolute Gasteiger partial charge is 0.412 e. The Balaban J connectivity index is 0.000000562. The maximum Gasteiger partial charge on any atom is -0.00135 e. The van der Waals surface area contributed by atoms with Crippen LogP contribution >= 0.6 is 0 Å². The van der Waals surface area contributed by atoms with Crippen LogP contribution in [0.3, 0.4) is 0 Å². The zero-order valence-corrected chi connectivity index (χ0v) is 8.53. The Bertz CT molecular complexity index is 422. The van der Waals surface area contributed by atoms with E-state index in [1.54, 1.807) is 0 Å². The molecule has 3 rings (SSSR count). The Morgan fingerprint density at radius 2 is 1.07 bits per heavy atom. The van der Waals surface area contributed by atoms with Gasteiger partial charge in [0.25, 0.3) is 0 Å². The van der Waals surface area contributed by atoms with Crippen LogP contribution in [0.4, 0.5) is 0 Å². The van der Waals surface area contributed by atoms with Gasteiger partial charge in [-0.3, -0.25) is 0 Å². The second kappa shape index (κ2) is 4.26. The predicted molar refractivity (Wildman–Crippen MR) is 63.3 cm³/mol. The van der Waals surface area contributed by atoms with E-state index in [1.165, 1.54) is 22.3 Å². The third-order valence-corrected chi connectivity index (χ3v) is 2.71. The van der Waals surface area contributed by atoms with Crippen molar-refractivity contribution in [3.8, 4) is 11.1 Å². The number of hydrogen-bond donors (Lipinski definition) is 1. The molecule has 0 bridgehead atoms. The molecule has 2 aromatic carbocycles. The van der Waals surface area contributed by atoms with Gasteiger partial charge < -0.3 is 11.6 Å². The van der Waals surface area contributed by atoms with E-state index in [9.17, 15) is 0 Å². The fraction of sp³-hybridized carbons (Fsp3) is 0.0769. The minimum Gasteiger partial charge on any atom is -0.412 e. The molecule has 0 spiro atoms. The minimum atomic E-state index is 0. The van der Waals surface area contributed by atoms with E-state index in [-0.39, 0.29) is 11.6 Å². The topological polar surface area (TPSA) is 66.5 Å². The lowest BCUT2D eigenvalue weighted by molar-refractivity contribution is 0.824. The monoisotopic (exact) mass is 201 g/mol. The van der Waals surface area contributed by atoms with Crippen LogP contribution in [0, 0.1) is 0 Å². The van der Waals surface area contributed by atoms with Crippen molar-refractivity contribution in [2.75, 3.05) is 0 Å². The Kier molecular flexibility index (Phi) is 3.24. The third kappa shape index (κ3) is 1.65. The van der Waals surface area contributed by atoms with Crippen LogP contribution < -0.4 is 6.15 Å². The smallest absolute Gasteiger partial charge is 0.00135 e. The molecule has 0 radical (unpaired) electrons. The first kappa shape index (κ1) is 11.4. The number of rotatable bonds is 0. The molecule has 0 saturated heterocycles. The molecule has 5 N–H and O–H groups in total. The molecule has 0 unspecified atom stereocenters. The molecular formula is C13H15NO. The highest BCUT2D eigenvalue weighted by atomic mass is 16.0. The van der Waals surface area contributed by atoms with Crippen molar-refractivity contribution in [2.24, 2.45) is 0 Å². The second-order valence-corrected chi connectivity index (χ2v) is 3.49. The molecule has 15 heavy (non-hydrogen) atoms. The van der Waals surface area contributed by atoms with E-state index in [0.29, 0.717) is 0 Å². The van der Waals surface area contributed by atoms with Crippen molar-refractivity contribution in [3.63, 3.8) is 0 Å². The van der Waals surface area contributed by atoms with Gasteiger partial charge in [0.2, 0.25) is 0 Å². The fourth-order valence-electron chi connectivity index (χ4n) is 2.08. The van der Waals surface area contributed by atoms with E-state index in [1.807, 2.05) is 0 Å². The zero-order valence-electron chi connectivity index (χ0n) is 8.53. The Labute approximate surface area is 89.5 Å². The number of benzene rings is 2. The van der Waals surface area contributed by atoms with E-state index in [4.69, 9.17) is 0 Å². The maximum atomic E-state index is 2.22. The average molecular weight is 201 g/mol. The molecule has 0 heterocycles. The van der Waals surface area contributed by atoms with Gasteiger partial charge in [-0.15, -0.1) is 0 Å². The molecule has 0 aromatic heterocycles. The summed E-state index contributed by atoms with van der Waals surface area (Å²) in [6.07, 6.45) is 1.10. The van der Waals surface area contributed by atoms with Crippen LogP contribution in [-0.2, 0) is 6.42 Å². The molecule has 0 amide bonds. The van der Waals surface area contributed by atoms with Crippen molar-refractivity contribution < 1.29 is 5.48 Å². The molecule has 1 aliphatic rings. The Morgan fingerprint density at radius 1 is 0.667 bits per heavy atom. The number of hydrogen-bond acceptors (Lipinski definition) is 1. The van der Waals surface area contributed by atoms with Gasteiger partial charge in [-0.2, -0.15) is 0 Å². The van der Waals surface area contributed by atoms with E-state index >= 15 is 0 Å². The van der Waals surface area contributed by atoms with E-state index in [2.05, 4.69) is 48.5 Å². The lowest BCUT2D eigenvalue weighted by Crippen LogP contribution is -1.77. The first-order valence-corrected chi connectivity index (χ1v) is 4.61. The van der Waals surface area contributed by atoms with E-state index in [0.717, 1.165) is 6.42 Å². The minimum absolute atomic E-state index is 0. The summed E-state index contributed by atoms with van der Waals surface area (Å²) in [5.74, 6) is 0. The third-order valence-electron chi connectivity index (χ3n) is 2.71. The van der Waals surface area contributed by atoms with Crippen LogP contribution in [-0.4, -0.2) is 5.48 Å². The van der Waals surface area contributed by atoms with Gasteiger partial charge in [0.1, 0.15) is 0 Å². The first-order valence-electron chi connectivity index (χ1n) is 4.61. The SMILES string of the molecule is N.O.c1ccc2c(c1)Cc1ccccc1-2. The van der Waals surface area contributed by atoms with Gasteiger partial charge in [-0.25, -0.2) is 0 Å². The van der Waals surface area contributed by atoms with Gasteiger partial charge in [0, 0.05) is 0 Å². The first-order chi connectivity index (χ1) is 6.45. The predicted octanol–water partition coefficient (Wildman–Crippen LogP) is 2.60. The summed E-state index contributed by atoms with van der Waals surface area (Å²) in [7, 11) is 0. The normalized spacial score (nSPS) is 10.7. The van der Waals surface area contributed by atoms with E-state index < -0.39 is 0 Å². The summed E-state index contributed by atoms with van der Waals surface area (Å²) in [5, 5.41) is 0. The molecule has 0 atom stereocenters. The van der Waals surface area contributed by atoms with Crippen LogP contribution in [0.2, 0.25) is 0 Å². The number of fused-ring (bicyclic) bond motifs is 3. The van der Waals surface area contributed by atoms with Gasteiger partial charge in [0.15, 0.2) is 0 Å². The summed E-state index contributed by atoms with van der Waals surface area (Å²) >= 11 is 0. The molecule has 2 nitrogen and oxygen atoms in total. The molecular weight excluding hydrogens is 186 g/mol. The molecule has 2 heteroatoms. The molecule has 0 fully saturated rings. The van der Waals surface area contributed by atoms with Gasteiger partial charge in [0.05, 0.1) is 0 Å². The maximum absolute atomic E-state index is 2.22. The fourth-order valence-corrected chi connectivity index (χ4v) is 2.08. The highest BCUT2D eigenvalue weighted by Gasteiger charge is 2.15. The summed E-state index contributed by atoms with van der Waals surface area (Å²) in [6, 6.07) is 17.3. The molecule has 2 aromatic rings. The van der Waals surface area contributed by atoms with Crippen LogP contribution in [0.5, 0.6) is 0 Å². The summed E-state index contributed by atoms with van der Waals surface area (Å²) in [4.78, 5) is 0. The lowest BCUT2D eigenvalue weighted by atomic mass is 10.1. The molecule has 0 saturated carbocycles. The summed E-state index contributed by atoms with van der Waals surface area (Å²) in [6.45, 7) is 0. The van der Waals surface area contributed by atoms with Crippen LogP contribution in [0.15, 0.2) is 48.5 Å². The van der Waals surface area contributed by atoms with Crippen molar-refractivity contribution in [1.82, 2.24) is 6.15 Å². The Hall–Kier alpha value is -1.64. The Morgan fingerprint density at radius 3 is 1.53 bits per heavy atom. The molecule has 1 aliphatic carbocycles. The van der Waals surface area contributed by atoms with Crippen molar-refractivity contribution in [2.45, 2.75) is 6.42 Å². The highest BCUT2D eigenvalue weighted by molar-refractivity contribution is 5.76. The van der Waals surface area contributed by atoms with Gasteiger partial charge in [-0.1, -0.05) is 48.5 Å². The van der Waals surface area contributed by atoms with Crippen molar-refractivity contribution in [3.05, 3.63) is 59.7 Å². The van der Waals surface area contributed by atoms with Crippen LogP contribution in [0.25, 0.3) is 11.1 Å². The van der Waals surface area contributed by atoms with Crippen molar-refractivity contribution in [1.29, 1.82) is 0 Å². The van der Waals surface area contributed by atoms with Gasteiger partial charge >= 0.3 is 0 Å². The quantitative estimate of drug-likeness (QED) is 0.596. The van der Waals surface area contributed by atoms with Crippen molar-refractivity contribution >= 4 is 0 Å². The van der Waals surface area contributed by atoms with Crippen LogP contribution in [0.1, 0.15) is 11.1 Å².